The number of Topliss-reactive ketones (excluding diaryl/α,β-unsaturated/α-hetero) is 1. The van der Waals surface area contributed by atoms with Crippen LogP contribution in [0.5, 0.6) is 0 Å². The molecule has 3 aromatic carbocycles. The monoisotopic (exact) mass is 508 g/mol. The Kier molecular flexibility index (Phi) is 6.83. The Morgan fingerprint density at radius 2 is 1.19 bits per heavy atom. The third-order valence-electron chi connectivity index (χ3n) is 6.04. The van der Waals surface area contributed by atoms with Crippen LogP contribution >= 0.6 is 22.8 Å². The third-order valence-corrected chi connectivity index (χ3v) is 11.7. The molecule has 0 radical (unpaired) electrons. The summed E-state index contributed by atoms with van der Waals surface area (Å²) < 4.78 is 5.56. The molecule has 1 unspecified atom stereocenters. The summed E-state index contributed by atoms with van der Waals surface area (Å²) in [4.78, 5) is 27.8. The van der Waals surface area contributed by atoms with Gasteiger partial charge in [-0.3, -0.25) is 4.79 Å². The van der Waals surface area contributed by atoms with Gasteiger partial charge in [0, 0.05) is 10.7 Å². The van der Waals surface area contributed by atoms with Gasteiger partial charge in [0.25, 0.3) is 0 Å². The first-order valence-corrected chi connectivity index (χ1v) is 13.5. The van der Waals surface area contributed by atoms with Gasteiger partial charge in [-0.2, -0.15) is 0 Å². The van der Waals surface area contributed by atoms with E-state index in [9.17, 15) is 9.59 Å². The van der Waals surface area contributed by atoms with E-state index in [0.29, 0.717) is 0 Å². The first-order chi connectivity index (χ1) is 15.5. The molecule has 164 valence electrons. The topological polar surface area (TPSA) is 43.4 Å². The minimum absolute atomic E-state index is 0.0728. The van der Waals surface area contributed by atoms with E-state index in [1.165, 1.54) is 0 Å². The highest BCUT2D eigenvalue weighted by Gasteiger charge is 2.53. The van der Waals surface area contributed by atoms with Crippen LogP contribution in [0.25, 0.3) is 0 Å². The number of benzene rings is 3. The summed E-state index contributed by atoms with van der Waals surface area (Å²) in [5.74, 6) is -0.676. The van der Waals surface area contributed by atoms with Gasteiger partial charge in [-0.15, -0.1) is 0 Å². The van der Waals surface area contributed by atoms with Crippen molar-refractivity contribution in [1.29, 1.82) is 0 Å². The quantitative estimate of drug-likeness (QED) is 0.206. The van der Waals surface area contributed by atoms with E-state index in [-0.39, 0.29) is 34.3 Å². The SMILES string of the molecule is CCOC(=O)C(C(=O)[C@@H]1C(Br)[C@H]1C)=P(c1ccccc1)(c1ccccc1)c1ccccc1. The number of esters is 1. The van der Waals surface area contributed by atoms with Crippen LogP contribution in [0.15, 0.2) is 91.0 Å². The molecule has 4 rings (SSSR count). The van der Waals surface area contributed by atoms with Crippen molar-refractivity contribution in [1.82, 2.24) is 0 Å². The molecule has 0 aromatic heterocycles. The zero-order chi connectivity index (χ0) is 22.7. The second-order valence-electron chi connectivity index (χ2n) is 7.94. The van der Waals surface area contributed by atoms with Crippen molar-refractivity contribution >= 4 is 55.8 Å². The molecule has 3 nitrogen and oxygen atoms in total. The van der Waals surface area contributed by atoms with Gasteiger partial charge in [0.1, 0.15) is 5.29 Å². The summed E-state index contributed by atoms with van der Waals surface area (Å²) in [6, 6.07) is 29.9. The molecule has 0 spiro atoms. The zero-order valence-electron chi connectivity index (χ0n) is 18.1. The number of carbonyl (C=O) groups is 2. The maximum atomic E-state index is 14.1. The molecule has 0 heterocycles. The van der Waals surface area contributed by atoms with Gasteiger partial charge >= 0.3 is 5.97 Å². The lowest BCUT2D eigenvalue weighted by Gasteiger charge is -2.31. The summed E-state index contributed by atoms with van der Waals surface area (Å²) in [5.41, 5.74) is 0. The molecular formula is C27H26BrO3P. The summed E-state index contributed by atoms with van der Waals surface area (Å²) in [5, 5.41) is 3.18. The van der Waals surface area contributed by atoms with Crippen molar-refractivity contribution in [3.8, 4) is 0 Å². The Hall–Kier alpha value is -2.42. The minimum Gasteiger partial charge on any atom is -0.462 e. The maximum Gasteiger partial charge on any atom is 0.342 e. The lowest BCUT2D eigenvalue weighted by molar-refractivity contribution is -0.135. The van der Waals surface area contributed by atoms with Crippen LogP contribution in [-0.2, 0) is 14.3 Å². The predicted molar refractivity (Wildman–Crippen MR) is 137 cm³/mol. The van der Waals surface area contributed by atoms with Crippen LogP contribution in [0, 0.1) is 11.8 Å². The van der Waals surface area contributed by atoms with Crippen molar-refractivity contribution in [2.45, 2.75) is 18.7 Å². The van der Waals surface area contributed by atoms with Crippen molar-refractivity contribution in [3.63, 3.8) is 0 Å². The molecule has 0 saturated heterocycles. The number of rotatable bonds is 7. The van der Waals surface area contributed by atoms with E-state index in [4.69, 9.17) is 4.74 Å². The van der Waals surface area contributed by atoms with Crippen molar-refractivity contribution < 1.29 is 14.3 Å². The summed E-state index contributed by atoms with van der Waals surface area (Å²) in [6.07, 6.45) is 0. The van der Waals surface area contributed by atoms with Crippen molar-refractivity contribution in [3.05, 3.63) is 91.0 Å². The van der Waals surface area contributed by atoms with Gasteiger partial charge in [-0.25, -0.2) is 4.79 Å². The standard InChI is InChI=1S/C27H26BrO3P/c1-3-31-27(30)26(25(29)23-19(2)24(23)28)32(20-13-7-4-8-14-20,21-15-9-5-10-16-21)22-17-11-6-12-18-22/h4-19,23-24H,3H2,1-2H3/t19-,23-,24?/m0/s1. The van der Waals surface area contributed by atoms with Crippen LogP contribution in [-0.4, -0.2) is 28.5 Å². The van der Waals surface area contributed by atoms with E-state index in [1.807, 2.05) is 97.9 Å². The Morgan fingerprint density at radius 1 is 0.812 bits per heavy atom. The van der Waals surface area contributed by atoms with Gasteiger partial charge in [0.2, 0.25) is 0 Å². The van der Waals surface area contributed by atoms with Crippen LogP contribution < -0.4 is 15.9 Å². The fraction of sp³-hybridized carbons (Fsp3) is 0.222. The van der Waals surface area contributed by atoms with Crippen LogP contribution in [0.1, 0.15) is 13.8 Å². The first-order valence-electron chi connectivity index (χ1n) is 10.8. The van der Waals surface area contributed by atoms with Crippen molar-refractivity contribution in [2.24, 2.45) is 11.8 Å². The summed E-state index contributed by atoms with van der Waals surface area (Å²) in [6.45, 7) is 1.23. The lowest BCUT2D eigenvalue weighted by atomic mass is 10.1. The van der Waals surface area contributed by atoms with Crippen molar-refractivity contribution in [2.75, 3.05) is 6.61 Å². The fourth-order valence-electron chi connectivity index (χ4n) is 4.35. The van der Waals surface area contributed by atoms with E-state index < -0.39 is 12.9 Å². The Bertz CT molecular complexity index is 1050. The normalized spacial score (nSPS) is 19.8. The predicted octanol–water partition coefficient (Wildman–Crippen LogP) is 4.31. The average molecular weight is 509 g/mol. The van der Waals surface area contributed by atoms with Crippen LogP contribution in [0.2, 0.25) is 0 Å². The number of hydrogen-bond acceptors (Lipinski definition) is 3. The van der Waals surface area contributed by atoms with E-state index in [2.05, 4.69) is 15.9 Å². The maximum absolute atomic E-state index is 14.1. The number of halogens is 1. The first kappa shape index (κ1) is 22.8. The molecule has 0 N–H and O–H groups in total. The number of hydrogen-bond donors (Lipinski definition) is 0. The molecule has 0 bridgehead atoms. The van der Waals surface area contributed by atoms with Gasteiger partial charge in [0.05, 0.1) is 6.61 Å². The molecule has 1 aliphatic rings. The molecule has 3 aromatic rings. The molecule has 0 amide bonds. The number of alkyl halides is 1. The van der Waals surface area contributed by atoms with E-state index in [0.717, 1.165) is 15.9 Å². The number of ether oxygens (including phenoxy) is 1. The molecule has 1 saturated carbocycles. The van der Waals surface area contributed by atoms with Gasteiger partial charge < -0.3 is 4.74 Å². The van der Waals surface area contributed by atoms with E-state index in [1.54, 1.807) is 6.92 Å². The van der Waals surface area contributed by atoms with Crippen LogP contribution in [0.3, 0.4) is 0 Å². The second kappa shape index (κ2) is 9.60. The van der Waals surface area contributed by atoms with E-state index >= 15 is 0 Å². The highest BCUT2D eigenvalue weighted by atomic mass is 79.9. The Morgan fingerprint density at radius 3 is 1.50 bits per heavy atom. The lowest BCUT2D eigenvalue weighted by Crippen LogP contribution is -2.39. The highest BCUT2D eigenvalue weighted by molar-refractivity contribution is 9.09. The summed E-state index contributed by atoms with van der Waals surface area (Å²) >= 11 is 3.63. The summed E-state index contributed by atoms with van der Waals surface area (Å²) in [7, 11) is 0. The Labute approximate surface area is 197 Å². The molecule has 1 aliphatic carbocycles. The van der Waals surface area contributed by atoms with Gasteiger partial charge in [-0.1, -0.05) is 114 Å². The number of ketones is 1. The average Bonchev–Trinajstić information content (AvgIpc) is 3.44. The largest absolute Gasteiger partial charge is 0.462 e. The van der Waals surface area contributed by atoms with Gasteiger partial charge in [-0.05, 0) is 35.6 Å². The smallest absolute Gasteiger partial charge is 0.342 e. The second-order valence-corrected chi connectivity index (χ2v) is 12.3. The third kappa shape index (κ3) is 3.91. The zero-order valence-corrected chi connectivity index (χ0v) is 20.6. The van der Waals surface area contributed by atoms with Crippen LogP contribution in [0.4, 0.5) is 0 Å². The Balaban J connectivity index is 2.21. The fourth-order valence-corrected chi connectivity index (χ4v) is 9.57. The molecule has 0 aliphatic heterocycles. The van der Waals surface area contributed by atoms with Gasteiger partial charge in [0.15, 0.2) is 5.78 Å². The molecular weight excluding hydrogens is 483 g/mol. The highest BCUT2D eigenvalue weighted by Crippen LogP contribution is 2.51. The molecule has 32 heavy (non-hydrogen) atoms. The minimum atomic E-state index is -2.80. The number of carbonyl (C=O) groups excluding carboxylic acids is 2. The molecule has 5 heteroatoms. The molecule has 3 atom stereocenters. The molecule has 1 fully saturated rings.